The Kier molecular flexibility index (Phi) is 6.69. The Balaban J connectivity index is 1.43. The number of rotatable bonds is 8. The summed E-state index contributed by atoms with van der Waals surface area (Å²) in [6.45, 7) is 1.56. The van der Waals surface area contributed by atoms with Crippen molar-refractivity contribution in [3.63, 3.8) is 0 Å². The van der Waals surface area contributed by atoms with Crippen LogP contribution in [0, 0.1) is 0 Å². The van der Waals surface area contributed by atoms with Crippen molar-refractivity contribution in [2.45, 2.75) is 6.92 Å². The third-order valence-electron chi connectivity index (χ3n) is 3.75. The van der Waals surface area contributed by atoms with Gasteiger partial charge in [0.2, 0.25) is 0 Å². The molecule has 0 atom stereocenters. The molecule has 3 aromatic rings. The number of esters is 1. The van der Waals surface area contributed by atoms with Crippen molar-refractivity contribution in [3.05, 3.63) is 48.0 Å². The summed E-state index contributed by atoms with van der Waals surface area (Å²) in [7, 11) is 0. The van der Waals surface area contributed by atoms with Crippen LogP contribution in [0.5, 0.6) is 5.75 Å². The van der Waals surface area contributed by atoms with E-state index < -0.39 is 24.4 Å². The van der Waals surface area contributed by atoms with Crippen LogP contribution in [0.1, 0.15) is 17.3 Å². The van der Waals surface area contributed by atoms with Crippen LogP contribution in [0.2, 0.25) is 0 Å². The molecule has 2 aromatic carbocycles. The van der Waals surface area contributed by atoms with Gasteiger partial charge in [0.1, 0.15) is 23.3 Å². The molecule has 0 saturated carbocycles. The lowest BCUT2D eigenvalue weighted by Crippen LogP contribution is -2.32. The monoisotopic (exact) mass is 414 g/mol. The summed E-state index contributed by atoms with van der Waals surface area (Å²) in [6, 6.07) is 11.7. The minimum absolute atomic E-state index is 0.356. The van der Waals surface area contributed by atoms with Crippen molar-refractivity contribution in [1.82, 2.24) is 14.1 Å². The summed E-state index contributed by atoms with van der Waals surface area (Å²) in [4.78, 5) is 35.8. The molecule has 1 aromatic heterocycles. The Hall–Kier alpha value is -3.53. The van der Waals surface area contributed by atoms with Gasteiger partial charge < -0.3 is 20.1 Å². The highest BCUT2D eigenvalue weighted by molar-refractivity contribution is 7.00. The van der Waals surface area contributed by atoms with Crippen molar-refractivity contribution in [2.24, 2.45) is 0 Å². The van der Waals surface area contributed by atoms with E-state index in [9.17, 15) is 14.4 Å². The summed E-state index contributed by atoms with van der Waals surface area (Å²) < 4.78 is 18.4. The average Bonchev–Trinajstić information content (AvgIpc) is 3.21. The quantitative estimate of drug-likeness (QED) is 0.541. The van der Waals surface area contributed by atoms with Crippen LogP contribution >= 0.6 is 11.7 Å². The normalized spacial score (nSPS) is 10.4. The Morgan fingerprint density at radius 2 is 1.86 bits per heavy atom. The largest absolute Gasteiger partial charge is 0.494 e. The van der Waals surface area contributed by atoms with Gasteiger partial charge in [0.05, 0.1) is 24.0 Å². The number of hydrogen-bond acceptors (Lipinski definition) is 8. The van der Waals surface area contributed by atoms with Gasteiger partial charge in [0, 0.05) is 5.56 Å². The maximum atomic E-state index is 12.0. The number of carbonyl (C=O) groups excluding carboxylic acids is 3. The van der Waals surface area contributed by atoms with E-state index in [0.29, 0.717) is 34.6 Å². The Morgan fingerprint density at radius 3 is 2.62 bits per heavy atom. The number of carbonyl (C=O) groups is 3. The number of fused-ring (bicyclic) bond motifs is 1. The van der Waals surface area contributed by atoms with Crippen molar-refractivity contribution < 1.29 is 23.9 Å². The predicted molar refractivity (Wildman–Crippen MR) is 107 cm³/mol. The Morgan fingerprint density at radius 1 is 1.07 bits per heavy atom. The standard InChI is InChI=1S/C19H18N4O5S/c1-2-27-13-8-6-12(7-9-13)19(26)20-10-17(25)28-11-16(24)21-14-4-3-5-15-18(14)23-29-22-15/h3-9H,2,10-11H2,1H3,(H,20,26)(H,21,24). The van der Waals surface area contributed by atoms with Gasteiger partial charge in [0.25, 0.3) is 11.8 Å². The highest BCUT2D eigenvalue weighted by atomic mass is 32.1. The van der Waals surface area contributed by atoms with E-state index in [4.69, 9.17) is 9.47 Å². The maximum absolute atomic E-state index is 12.0. The minimum atomic E-state index is -0.729. The van der Waals surface area contributed by atoms with Crippen molar-refractivity contribution >= 4 is 46.2 Å². The second-order valence-electron chi connectivity index (χ2n) is 5.79. The van der Waals surface area contributed by atoms with Gasteiger partial charge in [-0.25, -0.2) is 0 Å². The van der Waals surface area contributed by atoms with Gasteiger partial charge in [0.15, 0.2) is 6.61 Å². The molecular formula is C19H18N4O5S. The summed E-state index contributed by atoms with van der Waals surface area (Å²) in [6.07, 6.45) is 0. The highest BCUT2D eigenvalue weighted by Crippen LogP contribution is 2.20. The van der Waals surface area contributed by atoms with Crippen LogP contribution in [0.15, 0.2) is 42.5 Å². The van der Waals surface area contributed by atoms with Crippen LogP contribution in [0.4, 0.5) is 5.69 Å². The highest BCUT2D eigenvalue weighted by Gasteiger charge is 2.13. The molecule has 0 aliphatic carbocycles. The lowest BCUT2D eigenvalue weighted by molar-refractivity contribution is -0.146. The molecule has 2 N–H and O–H groups in total. The molecular weight excluding hydrogens is 396 g/mol. The van der Waals surface area contributed by atoms with E-state index in [1.165, 1.54) is 0 Å². The Labute approximate surface area is 170 Å². The van der Waals surface area contributed by atoms with E-state index in [2.05, 4.69) is 19.4 Å². The predicted octanol–water partition coefficient (Wildman–Crippen LogP) is 2.00. The van der Waals surface area contributed by atoms with E-state index >= 15 is 0 Å². The molecule has 150 valence electrons. The summed E-state index contributed by atoms with van der Waals surface area (Å²) in [5, 5.41) is 5.06. The third-order valence-corrected chi connectivity index (χ3v) is 4.29. The average molecular weight is 414 g/mol. The van der Waals surface area contributed by atoms with Gasteiger partial charge in [-0.15, -0.1) is 0 Å². The van der Waals surface area contributed by atoms with Crippen LogP contribution in [0.25, 0.3) is 11.0 Å². The second-order valence-corrected chi connectivity index (χ2v) is 6.31. The van der Waals surface area contributed by atoms with E-state index in [0.717, 1.165) is 11.7 Å². The molecule has 0 aliphatic rings. The van der Waals surface area contributed by atoms with E-state index in [1.807, 2.05) is 6.92 Å². The third kappa shape index (κ3) is 5.48. The molecule has 29 heavy (non-hydrogen) atoms. The number of amides is 2. The molecule has 1 heterocycles. The fourth-order valence-electron chi connectivity index (χ4n) is 2.41. The smallest absolute Gasteiger partial charge is 0.325 e. The zero-order valence-electron chi connectivity index (χ0n) is 15.5. The number of nitrogens with one attached hydrogen (secondary N) is 2. The lowest BCUT2D eigenvalue weighted by atomic mass is 10.2. The van der Waals surface area contributed by atoms with Crippen molar-refractivity contribution in [3.8, 4) is 5.75 Å². The lowest BCUT2D eigenvalue weighted by Gasteiger charge is -2.08. The molecule has 0 saturated heterocycles. The number of aromatic nitrogens is 2. The maximum Gasteiger partial charge on any atom is 0.325 e. The number of benzene rings is 2. The van der Waals surface area contributed by atoms with Crippen LogP contribution in [0.3, 0.4) is 0 Å². The minimum Gasteiger partial charge on any atom is -0.494 e. The summed E-state index contributed by atoms with van der Waals surface area (Å²) in [5.41, 5.74) is 2.10. The van der Waals surface area contributed by atoms with Gasteiger partial charge >= 0.3 is 5.97 Å². The van der Waals surface area contributed by atoms with Crippen LogP contribution < -0.4 is 15.4 Å². The van der Waals surface area contributed by atoms with E-state index in [-0.39, 0.29) is 6.54 Å². The van der Waals surface area contributed by atoms with Gasteiger partial charge in [-0.05, 0) is 43.3 Å². The van der Waals surface area contributed by atoms with Gasteiger partial charge in [-0.1, -0.05) is 6.07 Å². The Bertz CT molecular complexity index is 1020. The molecule has 0 aliphatic heterocycles. The molecule has 9 nitrogen and oxygen atoms in total. The second kappa shape index (κ2) is 9.60. The molecule has 3 rings (SSSR count). The first-order valence-corrected chi connectivity index (χ1v) is 9.47. The molecule has 0 radical (unpaired) electrons. The number of nitrogens with zero attached hydrogens (tertiary/aromatic N) is 2. The topological polar surface area (TPSA) is 120 Å². The number of ether oxygens (including phenoxy) is 2. The number of anilines is 1. The van der Waals surface area contributed by atoms with Crippen molar-refractivity contribution in [1.29, 1.82) is 0 Å². The fourth-order valence-corrected chi connectivity index (χ4v) is 2.96. The first kappa shape index (κ1) is 20.2. The van der Waals surface area contributed by atoms with Gasteiger partial charge in [-0.2, -0.15) is 8.75 Å². The molecule has 0 spiro atoms. The number of hydrogen-bond donors (Lipinski definition) is 2. The van der Waals surface area contributed by atoms with E-state index in [1.54, 1.807) is 42.5 Å². The fraction of sp³-hybridized carbons (Fsp3) is 0.211. The first-order chi connectivity index (χ1) is 14.1. The van der Waals surface area contributed by atoms with Crippen LogP contribution in [-0.4, -0.2) is 46.3 Å². The SMILES string of the molecule is CCOc1ccc(C(=O)NCC(=O)OCC(=O)Nc2cccc3nsnc23)cc1. The zero-order valence-corrected chi connectivity index (χ0v) is 16.3. The van der Waals surface area contributed by atoms with Gasteiger partial charge in [-0.3, -0.25) is 14.4 Å². The zero-order chi connectivity index (χ0) is 20.6. The van der Waals surface area contributed by atoms with Crippen LogP contribution in [-0.2, 0) is 14.3 Å². The first-order valence-electron chi connectivity index (χ1n) is 8.74. The summed E-state index contributed by atoms with van der Waals surface area (Å²) in [5.74, 6) is -1.03. The molecule has 0 bridgehead atoms. The van der Waals surface area contributed by atoms with Crippen molar-refractivity contribution in [2.75, 3.05) is 25.1 Å². The molecule has 2 amide bonds. The molecule has 0 unspecified atom stereocenters. The summed E-state index contributed by atoms with van der Waals surface area (Å²) >= 11 is 1.04. The molecule has 0 fully saturated rings. The molecule has 10 heteroatoms.